The molecular formula is C54H66N4O7. The molecule has 1 heterocycles. The van der Waals surface area contributed by atoms with Gasteiger partial charge < -0.3 is 30.3 Å². The van der Waals surface area contributed by atoms with E-state index in [1.54, 1.807) is 4.90 Å². The van der Waals surface area contributed by atoms with Crippen LogP contribution < -0.4 is 16.0 Å². The number of hydrogen-bond acceptors (Lipinski definition) is 7. The monoisotopic (exact) mass is 882 g/mol. The van der Waals surface area contributed by atoms with Crippen LogP contribution in [0.2, 0.25) is 0 Å². The molecule has 1 aliphatic heterocycles. The van der Waals surface area contributed by atoms with Gasteiger partial charge in [-0.05, 0) is 116 Å². The summed E-state index contributed by atoms with van der Waals surface area (Å²) in [7, 11) is 0. The summed E-state index contributed by atoms with van der Waals surface area (Å²) in [5, 5.41) is 9.44. The van der Waals surface area contributed by atoms with Crippen LogP contribution in [0.5, 0.6) is 0 Å². The minimum absolute atomic E-state index is 0.0505. The van der Waals surface area contributed by atoms with E-state index in [0.29, 0.717) is 12.8 Å². The van der Waals surface area contributed by atoms with E-state index < -0.39 is 41.1 Å². The summed E-state index contributed by atoms with van der Waals surface area (Å²) < 4.78 is 11.3. The second kappa shape index (κ2) is 20.5. The molecule has 2 aliphatic carbocycles. The third kappa shape index (κ3) is 12.2. The molecule has 3 N–H and O–H groups in total. The van der Waals surface area contributed by atoms with Crippen molar-refractivity contribution in [2.24, 2.45) is 11.3 Å². The van der Waals surface area contributed by atoms with Gasteiger partial charge in [-0.25, -0.2) is 4.79 Å². The van der Waals surface area contributed by atoms with E-state index in [-0.39, 0.29) is 55.3 Å². The highest BCUT2D eigenvalue weighted by molar-refractivity contribution is 5.93. The number of carbonyl (C=O) groups excluding carboxylic acids is 5. The Balaban J connectivity index is 1.10. The minimum Gasteiger partial charge on any atom is -0.460 e. The average molecular weight is 883 g/mol. The molecule has 0 aromatic heterocycles. The zero-order valence-corrected chi connectivity index (χ0v) is 38.9. The van der Waals surface area contributed by atoms with Gasteiger partial charge in [0.15, 0.2) is 0 Å². The Morgan fingerprint density at radius 1 is 0.708 bits per heavy atom. The van der Waals surface area contributed by atoms with Crippen molar-refractivity contribution < 1.29 is 33.4 Å². The first-order valence-electron chi connectivity index (χ1n) is 23.4. The summed E-state index contributed by atoms with van der Waals surface area (Å²) in [6, 6.07) is 31.6. The SMILES string of the molecule is CC(C)(C)OC(=O)C[C@@H](Cc1ccc(C2C[C@@H](C(=O)NC3CCCc4ccccc43)N(C(=O)[C@@H](NC(=O)OCc3ccccc3)C(C)(C)C)C2)cc1)C(=O)NC1CCCc2ccccc21. The third-order valence-electron chi connectivity index (χ3n) is 13.0. The molecule has 0 bridgehead atoms. The van der Waals surface area contributed by atoms with E-state index in [2.05, 4.69) is 40.2 Å². The molecule has 3 aliphatic rings. The fourth-order valence-corrected chi connectivity index (χ4v) is 9.68. The van der Waals surface area contributed by atoms with Crippen LogP contribution in [0.4, 0.5) is 4.79 Å². The molecular weight excluding hydrogens is 817 g/mol. The van der Waals surface area contributed by atoms with Gasteiger partial charge in [-0.15, -0.1) is 0 Å². The zero-order valence-electron chi connectivity index (χ0n) is 38.9. The van der Waals surface area contributed by atoms with Crippen LogP contribution in [-0.4, -0.2) is 58.9 Å². The summed E-state index contributed by atoms with van der Waals surface area (Å²) >= 11 is 0. The van der Waals surface area contributed by atoms with Gasteiger partial charge >= 0.3 is 12.1 Å². The number of likely N-dealkylation sites (tertiary alicyclic amines) is 1. The molecule has 1 saturated heterocycles. The van der Waals surface area contributed by atoms with Gasteiger partial charge in [0.25, 0.3) is 0 Å². The first-order chi connectivity index (χ1) is 31.0. The Morgan fingerprint density at radius 3 is 1.89 bits per heavy atom. The highest BCUT2D eigenvalue weighted by Crippen LogP contribution is 2.37. The molecule has 344 valence electrons. The Morgan fingerprint density at radius 2 is 1.29 bits per heavy atom. The normalized spacial score (nSPS) is 20.3. The van der Waals surface area contributed by atoms with Crippen molar-refractivity contribution in [3.63, 3.8) is 0 Å². The molecule has 7 rings (SSSR count). The number of rotatable bonds is 13. The Labute approximate surface area is 384 Å². The molecule has 65 heavy (non-hydrogen) atoms. The summed E-state index contributed by atoms with van der Waals surface area (Å²) in [4.78, 5) is 71.5. The number of ether oxygens (including phenoxy) is 2. The number of aryl methyl sites for hydroxylation is 2. The molecule has 0 spiro atoms. The summed E-state index contributed by atoms with van der Waals surface area (Å²) in [6.45, 7) is 11.4. The lowest BCUT2D eigenvalue weighted by atomic mass is 9.85. The van der Waals surface area contributed by atoms with Crippen molar-refractivity contribution in [2.75, 3.05) is 6.54 Å². The Bertz CT molecular complexity index is 2320. The zero-order chi connectivity index (χ0) is 46.3. The van der Waals surface area contributed by atoms with Crippen LogP contribution in [0, 0.1) is 11.3 Å². The second-order valence-electron chi connectivity index (χ2n) is 20.2. The van der Waals surface area contributed by atoms with E-state index >= 15 is 0 Å². The van der Waals surface area contributed by atoms with Crippen LogP contribution in [0.25, 0.3) is 0 Å². The van der Waals surface area contributed by atoms with Gasteiger partial charge in [-0.1, -0.05) is 124 Å². The number of alkyl carbamates (subject to hydrolysis) is 1. The number of carbonyl (C=O) groups is 5. The van der Waals surface area contributed by atoms with Gasteiger partial charge in [0.05, 0.1) is 24.4 Å². The standard InChI is InChI=1S/C54H66N4O7/c1-53(2,3)48(57-52(63)64-34-36-16-8-7-9-17-36)51(62)58-33-41(31-46(58)50(61)56-45-25-15-21-39-19-11-13-23-43(39)45)37-28-26-35(27-29-37)30-40(32-47(59)65-54(4,5)6)49(60)55-44-24-14-20-38-18-10-12-22-42(38)44/h7-13,16-19,22-23,26-29,40-41,44-46,48H,14-15,20-21,24-25,30-34H2,1-6H3,(H,55,60)(H,56,61)(H,57,63)/t40-,41?,44?,45?,46+,48-/m1/s1. The van der Waals surface area contributed by atoms with Crippen LogP contribution in [0.15, 0.2) is 103 Å². The van der Waals surface area contributed by atoms with Gasteiger partial charge in [0.2, 0.25) is 17.7 Å². The number of nitrogens with one attached hydrogen (secondary N) is 3. The van der Waals surface area contributed by atoms with E-state index in [1.807, 2.05) is 120 Å². The first-order valence-corrected chi connectivity index (χ1v) is 23.4. The molecule has 4 amide bonds. The summed E-state index contributed by atoms with van der Waals surface area (Å²) in [5.74, 6) is -2.05. The predicted octanol–water partition coefficient (Wildman–Crippen LogP) is 8.99. The number of nitrogens with zero attached hydrogens (tertiary/aromatic N) is 1. The molecule has 1 fully saturated rings. The predicted molar refractivity (Wildman–Crippen MR) is 250 cm³/mol. The van der Waals surface area contributed by atoms with Crippen molar-refractivity contribution in [3.8, 4) is 0 Å². The van der Waals surface area contributed by atoms with Crippen LogP contribution in [-0.2, 0) is 54.5 Å². The van der Waals surface area contributed by atoms with E-state index in [4.69, 9.17) is 9.47 Å². The molecule has 4 aromatic rings. The lowest BCUT2D eigenvalue weighted by Crippen LogP contribution is -2.58. The minimum atomic E-state index is -0.979. The topological polar surface area (TPSA) is 143 Å². The van der Waals surface area contributed by atoms with Gasteiger partial charge in [-0.3, -0.25) is 19.2 Å². The number of hydrogen-bond donors (Lipinski definition) is 3. The summed E-state index contributed by atoms with van der Waals surface area (Å²) in [5.41, 5.74) is 5.93. The van der Waals surface area contributed by atoms with Crippen molar-refractivity contribution in [1.29, 1.82) is 0 Å². The Kier molecular flexibility index (Phi) is 14.8. The lowest BCUT2D eigenvalue weighted by molar-refractivity contribution is -0.157. The van der Waals surface area contributed by atoms with Crippen molar-refractivity contribution in [1.82, 2.24) is 20.9 Å². The second-order valence-corrected chi connectivity index (χ2v) is 20.2. The maximum Gasteiger partial charge on any atom is 0.408 e. The van der Waals surface area contributed by atoms with Crippen molar-refractivity contribution >= 4 is 29.8 Å². The average Bonchev–Trinajstić information content (AvgIpc) is 3.73. The molecule has 4 aromatic carbocycles. The van der Waals surface area contributed by atoms with Crippen LogP contribution >= 0.6 is 0 Å². The van der Waals surface area contributed by atoms with Gasteiger partial charge in [0, 0.05) is 12.5 Å². The number of esters is 1. The van der Waals surface area contributed by atoms with E-state index in [9.17, 15) is 24.0 Å². The van der Waals surface area contributed by atoms with E-state index in [1.165, 1.54) is 11.1 Å². The van der Waals surface area contributed by atoms with Crippen molar-refractivity contribution in [2.45, 2.75) is 142 Å². The fourth-order valence-electron chi connectivity index (χ4n) is 9.68. The molecule has 11 nitrogen and oxygen atoms in total. The molecule has 11 heteroatoms. The third-order valence-corrected chi connectivity index (χ3v) is 13.0. The smallest absolute Gasteiger partial charge is 0.408 e. The number of fused-ring (bicyclic) bond motifs is 2. The van der Waals surface area contributed by atoms with Crippen LogP contribution in [0.1, 0.15) is 137 Å². The number of benzene rings is 4. The highest BCUT2D eigenvalue weighted by Gasteiger charge is 2.46. The van der Waals surface area contributed by atoms with Crippen LogP contribution in [0.3, 0.4) is 0 Å². The summed E-state index contributed by atoms with van der Waals surface area (Å²) in [6.07, 6.45) is 5.40. The largest absolute Gasteiger partial charge is 0.460 e. The first kappa shape index (κ1) is 47.0. The fraction of sp³-hybridized carbons (Fsp3) is 0.463. The van der Waals surface area contributed by atoms with E-state index in [0.717, 1.165) is 66.3 Å². The number of amides is 4. The molecule has 0 radical (unpaired) electrons. The Hall–Kier alpha value is -5.97. The molecule has 0 saturated carbocycles. The quantitative estimate of drug-likeness (QED) is 0.114. The van der Waals surface area contributed by atoms with Gasteiger partial charge in [-0.2, -0.15) is 0 Å². The highest BCUT2D eigenvalue weighted by atomic mass is 16.6. The lowest BCUT2D eigenvalue weighted by Gasteiger charge is -2.36. The molecule has 6 atom stereocenters. The molecule has 3 unspecified atom stereocenters. The maximum atomic E-state index is 14.8. The van der Waals surface area contributed by atoms with Crippen molar-refractivity contribution in [3.05, 3.63) is 142 Å². The van der Waals surface area contributed by atoms with Gasteiger partial charge in [0.1, 0.15) is 24.3 Å². The maximum absolute atomic E-state index is 14.8.